The standard InChI is InChI=1S/C28H35NO6/c1-5-34-20-13-9-10-18(15-20)24-23(28(32)35-19-11-7-6-8-12-19)17(3)29-21-14-16(2)22(27(31)33-4)26(30)25(21)24/h9-10,13,15-16,19,22,24,29H,5-8,11-12,14H2,1-4H3. The number of allylic oxidation sites excluding steroid dienone is 3. The fraction of sp³-hybridized carbons (Fsp3) is 0.536. The molecule has 3 aliphatic rings. The lowest BCUT2D eigenvalue weighted by molar-refractivity contribution is -0.151. The number of ether oxygens (including phenoxy) is 3. The minimum Gasteiger partial charge on any atom is -0.494 e. The second-order valence-electron chi connectivity index (χ2n) is 9.71. The summed E-state index contributed by atoms with van der Waals surface area (Å²) in [5.74, 6) is -2.40. The van der Waals surface area contributed by atoms with Crippen LogP contribution in [0, 0.1) is 11.8 Å². The van der Waals surface area contributed by atoms with Gasteiger partial charge in [0.1, 0.15) is 17.8 Å². The monoisotopic (exact) mass is 481 g/mol. The maximum atomic E-state index is 13.8. The summed E-state index contributed by atoms with van der Waals surface area (Å²) in [6, 6.07) is 7.46. The molecule has 1 saturated carbocycles. The van der Waals surface area contributed by atoms with Gasteiger partial charge in [-0.15, -0.1) is 0 Å². The Hall–Kier alpha value is -3.09. The summed E-state index contributed by atoms with van der Waals surface area (Å²) in [4.78, 5) is 40.0. The van der Waals surface area contributed by atoms with Gasteiger partial charge < -0.3 is 19.5 Å². The number of dihydropyridines is 1. The van der Waals surface area contributed by atoms with Gasteiger partial charge in [-0.1, -0.05) is 25.5 Å². The van der Waals surface area contributed by atoms with Crippen LogP contribution in [-0.4, -0.2) is 37.5 Å². The van der Waals surface area contributed by atoms with E-state index in [1.54, 1.807) is 0 Å². The van der Waals surface area contributed by atoms with E-state index < -0.39 is 23.8 Å². The van der Waals surface area contributed by atoms with E-state index in [-0.39, 0.29) is 17.8 Å². The molecule has 0 spiro atoms. The molecule has 0 aromatic heterocycles. The van der Waals surface area contributed by atoms with Gasteiger partial charge in [-0.3, -0.25) is 9.59 Å². The van der Waals surface area contributed by atoms with Crippen molar-refractivity contribution in [3.63, 3.8) is 0 Å². The third-order valence-electron chi connectivity index (χ3n) is 7.29. The molecular weight excluding hydrogens is 446 g/mol. The minimum atomic E-state index is -0.910. The maximum Gasteiger partial charge on any atom is 0.337 e. The summed E-state index contributed by atoms with van der Waals surface area (Å²) in [5, 5.41) is 3.32. The van der Waals surface area contributed by atoms with Gasteiger partial charge in [0.05, 0.1) is 19.3 Å². The van der Waals surface area contributed by atoms with Gasteiger partial charge in [0.25, 0.3) is 0 Å². The zero-order valence-corrected chi connectivity index (χ0v) is 21.0. The Balaban J connectivity index is 1.79. The molecule has 2 aliphatic carbocycles. The molecule has 1 aromatic rings. The first kappa shape index (κ1) is 25.0. The number of esters is 2. The van der Waals surface area contributed by atoms with E-state index in [0.717, 1.165) is 43.4 Å². The summed E-state index contributed by atoms with van der Waals surface area (Å²) in [6.07, 6.45) is 5.33. The maximum absolute atomic E-state index is 13.8. The molecule has 1 aliphatic heterocycles. The number of carbonyl (C=O) groups excluding carboxylic acids is 3. The van der Waals surface area contributed by atoms with Crippen molar-refractivity contribution in [2.24, 2.45) is 11.8 Å². The predicted molar refractivity (Wildman–Crippen MR) is 130 cm³/mol. The van der Waals surface area contributed by atoms with Crippen LogP contribution >= 0.6 is 0 Å². The number of carbonyl (C=O) groups is 3. The van der Waals surface area contributed by atoms with Gasteiger partial charge in [0.2, 0.25) is 0 Å². The molecule has 3 unspecified atom stereocenters. The van der Waals surface area contributed by atoms with Crippen molar-refractivity contribution in [2.45, 2.75) is 71.3 Å². The summed E-state index contributed by atoms with van der Waals surface area (Å²) in [7, 11) is 1.30. The van der Waals surface area contributed by atoms with Crippen LogP contribution in [0.5, 0.6) is 5.75 Å². The highest BCUT2D eigenvalue weighted by Crippen LogP contribution is 2.46. The molecule has 3 atom stereocenters. The molecule has 4 rings (SSSR count). The smallest absolute Gasteiger partial charge is 0.337 e. The Morgan fingerprint density at radius 3 is 2.57 bits per heavy atom. The van der Waals surface area contributed by atoms with E-state index in [1.165, 1.54) is 7.11 Å². The molecule has 7 heteroatoms. The fourth-order valence-electron chi connectivity index (χ4n) is 5.63. The van der Waals surface area contributed by atoms with Crippen LogP contribution in [0.3, 0.4) is 0 Å². The second kappa shape index (κ2) is 10.7. The molecule has 7 nitrogen and oxygen atoms in total. The van der Waals surface area contributed by atoms with Crippen LogP contribution < -0.4 is 10.1 Å². The largest absolute Gasteiger partial charge is 0.494 e. The van der Waals surface area contributed by atoms with Crippen molar-refractivity contribution in [2.75, 3.05) is 13.7 Å². The van der Waals surface area contributed by atoms with Crippen LogP contribution in [0.15, 0.2) is 46.8 Å². The average molecular weight is 482 g/mol. The number of methoxy groups -OCH3 is 1. The van der Waals surface area contributed by atoms with Gasteiger partial charge in [0, 0.05) is 22.9 Å². The van der Waals surface area contributed by atoms with Crippen molar-refractivity contribution in [1.82, 2.24) is 5.32 Å². The molecule has 1 aromatic carbocycles. The molecule has 1 fully saturated rings. The Kier molecular flexibility index (Phi) is 7.63. The molecule has 0 amide bonds. The number of Topliss-reactive ketones (excluding diaryl/α,β-unsaturated/α-hetero) is 1. The van der Waals surface area contributed by atoms with Crippen molar-refractivity contribution >= 4 is 17.7 Å². The molecule has 0 radical (unpaired) electrons. The highest BCUT2D eigenvalue weighted by molar-refractivity contribution is 6.12. The van der Waals surface area contributed by atoms with Crippen molar-refractivity contribution < 1.29 is 28.6 Å². The Bertz CT molecular complexity index is 1060. The van der Waals surface area contributed by atoms with Crippen LogP contribution in [0.2, 0.25) is 0 Å². The van der Waals surface area contributed by atoms with Crippen molar-refractivity contribution in [3.05, 3.63) is 52.4 Å². The van der Waals surface area contributed by atoms with Crippen molar-refractivity contribution in [1.29, 1.82) is 0 Å². The van der Waals surface area contributed by atoms with E-state index in [1.807, 2.05) is 45.0 Å². The lowest BCUT2D eigenvalue weighted by Crippen LogP contribution is -2.43. The third-order valence-corrected chi connectivity index (χ3v) is 7.29. The minimum absolute atomic E-state index is 0.118. The lowest BCUT2D eigenvalue weighted by atomic mass is 9.69. The Morgan fingerprint density at radius 2 is 1.89 bits per heavy atom. The number of rotatable bonds is 6. The van der Waals surface area contributed by atoms with Gasteiger partial charge in [-0.2, -0.15) is 0 Å². The van der Waals surface area contributed by atoms with Crippen LogP contribution in [0.4, 0.5) is 0 Å². The van der Waals surface area contributed by atoms with Crippen molar-refractivity contribution in [3.8, 4) is 5.75 Å². The number of benzene rings is 1. The van der Waals surface area contributed by atoms with Crippen LogP contribution in [-0.2, 0) is 23.9 Å². The highest BCUT2D eigenvalue weighted by atomic mass is 16.5. The van der Waals surface area contributed by atoms with Gasteiger partial charge in [-0.05, 0) is 69.6 Å². The van der Waals surface area contributed by atoms with Crippen LogP contribution in [0.1, 0.15) is 70.8 Å². The summed E-state index contributed by atoms with van der Waals surface area (Å²) >= 11 is 0. The molecule has 0 saturated heterocycles. The quantitative estimate of drug-likeness (QED) is 0.470. The molecule has 1 heterocycles. The molecular formula is C28H35NO6. The SMILES string of the molecule is CCOc1cccc(C2C(C(=O)OC3CCCCC3)=C(C)NC3=C2C(=O)C(C(=O)OC)C(C)C3)c1. The Morgan fingerprint density at radius 1 is 1.14 bits per heavy atom. The molecule has 1 N–H and O–H groups in total. The number of ketones is 1. The summed E-state index contributed by atoms with van der Waals surface area (Å²) in [6.45, 7) is 6.13. The normalized spacial score (nSPS) is 25.0. The Labute approximate surface area is 206 Å². The van der Waals surface area contributed by atoms with E-state index in [2.05, 4.69) is 5.32 Å². The first-order valence-corrected chi connectivity index (χ1v) is 12.6. The number of hydrogen-bond acceptors (Lipinski definition) is 7. The fourth-order valence-corrected chi connectivity index (χ4v) is 5.63. The van der Waals surface area contributed by atoms with E-state index in [4.69, 9.17) is 14.2 Å². The zero-order chi connectivity index (χ0) is 25.1. The first-order valence-electron chi connectivity index (χ1n) is 12.6. The van der Waals surface area contributed by atoms with Gasteiger partial charge >= 0.3 is 11.9 Å². The summed E-state index contributed by atoms with van der Waals surface area (Å²) in [5.41, 5.74) is 3.03. The number of nitrogens with one attached hydrogen (secondary N) is 1. The third kappa shape index (κ3) is 5.00. The van der Waals surface area contributed by atoms with E-state index >= 15 is 0 Å². The van der Waals surface area contributed by atoms with E-state index in [9.17, 15) is 14.4 Å². The average Bonchev–Trinajstić information content (AvgIpc) is 2.84. The summed E-state index contributed by atoms with van der Waals surface area (Å²) < 4.78 is 16.7. The van der Waals surface area contributed by atoms with Gasteiger partial charge in [-0.25, -0.2) is 4.79 Å². The number of hydrogen-bond donors (Lipinski definition) is 1. The predicted octanol–water partition coefficient (Wildman–Crippen LogP) is 4.57. The first-order chi connectivity index (χ1) is 16.8. The highest BCUT2D eigenvalue weighted by Gasteiger charge is 2.47. The molecule has 188 valence electrons. The van der Waals surface area contributed by atoms with Crippen LogP contribution in [0.25, 0.3) is 0 Å². The van der Waals surface area contributed by atoms with E-state index in [0.29, 0.717) is 35.6 Å². The zero-order valence-electron chi connectivity index (χ0n) is 21.0. The van der Waals surface area contributed by atoms with Gasteiger partial charge in [0.15, 0.2) is 5.78 Å². The molecule has 35 heavy (non-hydrogen) atoms. The second-order valence-corrected chi connectivity index (χ2v) is 9.71. The molecule has 0 bridgehead atoms. The lowest BCUT2D eigenvalue weighted by Gasteiger charge is -2.38. The topological polar surface area (TPSA) is 90.9 Å².